The first-order valence-corrected chi connectivity index (χ1v) is 13.5. The number of piperidine rings is 1. The van der Waals surface area contributed by atoms with E-state index < -0.39 is 10.0 Å². The second kappa shape index (κ2) is 11.8. The summed E-state index contributed by atoms with van der Waals surface area (Å²) >= 11 is 1.17. The number of carbonyl (C=O) groups is 1. The Hall–Kier alpha value is -1.87. The number of para-hydroxylation sites is 1. The molecule has 0 aromatic heterocycles. The Bertz CT molecular complexity index is 959. The highest BCUT2D eigenvalue weighted by atomic mass is 32.2. The zero-order valence-corrected chi connectivity index (χ0v) is 20.4. The summed E-state index contributed by atoms with van der Waals surface area (Å²) in [5.74, 6) is 1.71. The van der Waals surface area contributed by atoms with Crippen LogP contribution < -0.4 is 4.74 Å². The lowest BCUT2D eigenvalue weighted by Gasteiger charge is -2.32. The van der Waals surface area contributed by atoms with Crippen LogP contribution >= 0.6 is 11.8 Å². The molecule has 0 saturated carbocycles. The van der Waals surface area contributed by atoms with Gasteiger partial charge in [0.2, 0.25) is 10.0 Å². The monoisotopic (exact) mass is 476 g/mol. The lowest BCUT2D eigenvalue weighted by Crippen LogP contribution is -2.45. The molecule has 2 aromatic carbocycles. The molecule has 1 aliphatic rings. The summed E-state index contributed by atoms with van der Waals surface area (Å²) in [5, 5.41) is -0.00681. The van der Waals surface area contributed by atoms with Crippen LogP contribution in [0.1, 0.15) is 33.1 Å². The van der Waals surface area contributed by atoms with Crippen molar-refractivity contribution in [1.29, 1.82) is 0 Å². The van der Waals surface area contributed by atoms with Gasteiger partial charge in [-0.05, 0) is 69.3 Å². The molecule has 8 heteroatoms. The highest BCUT2D eigenvalue weighted by Gasteiger charge is 2.30. The van der Waals surface area contributed by atoms with Crippen LogP contribution in [0.3, 0.4) is 0 Å². The third-order valence-corrected chi connectivity index (χ3v) is 8.60. The first-order valence-electron chi connectivity index (χ1n) is 11.1. The van der Waals surface area contributed by atoms with Crippen LogP contribution in [0.25, 0.3) is 0 Å². The van der Waals surface area contributed by atoms with Gasteiger partial charge in [-0.2, -0.15) is 4.31 Å². The summed E-state index contributed by atoms with van der Waals surface area (Å²) in [7, 11) is -3.71. The number of hydrogen-bond acceptors (Lipinski definition) is 6. The van der Waals surface area contributed by atoms with Gasteiger partial charge in [-0.3, -0.25) is 4.79 Å². The number of thioether (sulfide) groups is 1. The molecule has 1 fully saturated rings. The molecule has 0 spiro atoms. The Balaban J connectivity index is 1.75. The van der Waals surface area contributed by atoms with Gasteiger partial charge >= 0.3 is 0 Å². The van der Waals surface area contributed by atoms with E-state index in [0.29, 0.717) is 30.3 Å². The van der Waals surface area contributed by atoms with Crippen molar-refractivity contribution in [2.75, 3.05) is 31.9 Å². The van der Waals surface area contributed by atoms with Gasteiger partial charge in [-0.25, -0.2) is 8.42 Å². The Labute approximate surface area is 196 Å². The molecule has 0 N–H and O–H groups in total. The molecule has 2 aromatic rings. The molecule has 0 radical (unpaired) electrons. The topological polar surface area (TPSA) is 66.9 Å². The zero-order valence-electron chi connectivity index (χ0n) is 18.8. The number of benzene rings is 2. The van der Waals surface area contributed by atoms with E-state index in [1.165, 1.54) is 25.1 Å². The van der Waals surface area contributed by atoms with E-state index in [9.17, 15) is 13.2 Å². The van der Waals surface area contributed by atoms with Crippen molar-refractivity contribution in [3.05, 3.63) is 54.6 Å². The fraction of sp³-hybridized carbons (Fsp3) is 0.458. The molecular weight excluding hydrogens is 444 g/mol. The smallest absolute Gasteiger partial charge is 0.243 e. The maximum atomic E-state index is 13.5. The fourth-order valence-electron chi connectivity index (χ4n) is 3.76. The Morgan fingerprint density at radius 2 is 1.66 bits per heavy atom. The molecule has 1 heterocycles. The van der Waals surface area contributed by atoms with Gasteiger partial charge in [-0.15, -0.1) is 0 Å². The molecule has 1 atom stereocenters. The largest absolute Gasteiger partial charge is 0.457 e. The quantitative estimate of drug-likeness (QED) is 0.498. The molecule has 0 unspecified atom stereocenters. The first-order chi connectivity index (χ1) is 15.4. The number of carbonyl (C=O) groups excluding carboxylic acids is 1. The Morgan fingerprint density at radius 3 is 2.28 bits per heavy atom. The van der Waals surface area contributed by atoms with E-state index in [1.54, 1.807) is 28.6 Å². The molecule has 6 nitrogen and oxygen atoms in total. The van der Waals surface area contributed by atoms with E-state index in [-0.39, 0.29) is 16.1 Å². The van der Waals surface area contributed by atoms with Gasteiger partial charge in [0.05, 0.1) is 4.90 Å². The lowest BCUT2D eigenvalue weighted by atomic mass is 10.1. The zero-order chi connectivity index (χ0) is 23.0. The molecule has 1 aliphatic heterocycles. The van der Waals surface area contributed by atoms with Gasteiger partial charge in [-0.1, -0.05) is 36.4 Å². The van der Waals surface area contributed by atoms with Gasteiger partial charge in [0, 0.05) is 31.8 Å². The third kappa shape index (κ3) is 7.07. The van der Waals surface area contributed by atoms with Crippen LogP contribution in [0.4, 0.5) is 0 Å². The van der Waals surface area contributed by atoms with Gasteiger partial charge in [0.1, 0.15) is 11.5 Å². The van der Waals surface area contributed by atoms with E-state index in [4.69, 9.17) is 4.74 Å². The number of rotatable bonds is 10. The van der Waals surface area contributed by atoms with E-state index in [0.717, 1.165) is 25.9 Å². The van der Waals surface area contributed by atoms with Gasteiger partial charge < -0.3 is 9.64 Å². The molecule has 1 saturated heterocycles. The van der Waals surface area contributed by atoms with Crippen molar-refractivity contribution in [2.45, 2.75) is 44.0 Å². The van der Waals surface area contributed by atoms with Crippen molar-refractivity contribution in [3.8, 4) is 11.5 Å². The predicted molar refractivity (Wildman–Crippen MR) is 130 cm³/mol. The normalized spacial score (nSPS) is 16.1. The van der Waals surface area contributed by atoms with E-state index in [1.807, 2.05) is 37.3 Å². The third-order valence-electron chi connectivity index (χ3n) is 5.51. The Kier molecular flexibility index (Phi) is 9.16. The summed E-state index contributed by atoms with van der Waals surface area (Å²) in [5.41, 5.74) is 0. The van der Waals surface area contributed by atoms with Crippen LogP contribution in [-0.4, -0.2) is 60.7 Å². The average molecular weight is 477 g/mol. The minimum Gasteiger partial charge on any atom is -0.457 e. The van der Waals surface area contributed by atoms with Crippen LogP contribution in [0.2, 0.25) is 0 Å². The average Bonchev–Trinajstić information content (AvgIpc) is 2.79. The summed E-state index contributed by atoms with van der Waals surface area (Å²) < 4.78 is 34.4. The Morgan fingerprint density at radius 1 is 1.03 bits per heavy atom. The fourth-order valence-corrected chi connectivity index (χ4v) is 6.13. The molecule has 0 amide bonds. The van der Waals surface area contributed by atoms with Crippen molar-refractivity contribution in [2.24, 2.45) is 0 Å². The van der Waals surface area contributed by atoms with E-state index >= 15 is 0 Å². The summed E-state index contributed by atoms with van der Waals surface area (Å²) in [4.78, 5) is 14.0. The highest BCUT2D eigenvalue weighted by molar-refractivity contribution is 8.13. The minimum atomic E-state index is -3.71. The first kappa shape index (κ1) is 24.8. The molecular formula is C24H32N2O4S2. The second-order valence-electron chi connectivity index (χ2n) is 8.06. The van der Waals surface area contributed by atoms with Crippen molar-refractivity contribution in [1.82, 2.24) is 9.21 Å². The lowest BCUT2D eigenvalue weighted by molar-refractivity contribution is -0.109. The summed E-state index contributed by atoms with van der Waals surface area (Å²) in [6.45, 7) is 6.51. The SMILES string of the molecule is CC(=O)SC[C@H](C)N(CCN1CCCCC1)S(=O)(=O)c1ccc(Oc2ccccc2)cc1. The number of sulfonamides is 1. The number of nitrogens with zero attached hydrogens (tertiary/aromatic N) is 2. The predicted octanol–water partition coefficient (Wildman–Crippen LogP) is 4.62. The number of likely N-dealkylation sites (tertiary alicyclic amines) is 1. The maximum Gasteiger partial charge on any atom is 0.243 e. The van der Waals surface area contributed by atoms with Crippen molar-refractivity contribution < 1.29 is 17.9 Å². The van der Waals surface area contributed by atoms with Crippen molar-refractivity contribution in [3.63, 3.8) is 0 Å². The standard InChI is InChI=1S/C24H32N2O4S2/c1-20(19-31-21(2)27)26(18-17-25-15-7-4-8-16-25)32(28,29)24-13-11-23(12-14-24)30-22-9-5-3-6-10-22/h3,5-6,9-14,20H,4,7-8,15-19H2,1-2H3/t20-/m0/s1. The molecule has 0 bridgehead atoms. The van der Waals surface area contributed by atoms with Gasteiger partial charge in [0.25, 0.3) is 0 Å². The number of ether oxygens (including phenoxy) is 1. The van der Waals surface area contributed by atoms with Crippen molar-refractivity contribution >= 4 is 26.9 Å². The van der Waals surface area contributed by atoms with Crippen LogP contribution in [-0.2, 0) is 14.8 Å². The maximum absolute atomic E-state index is 13.5. The molecule has 0 aliphatic carbocycles. The summed E-state index contributed by atoms with van der Waals surface area (Å²) in [6, 6.07) is 15.6. The van der Waals surface area contributed by atoms with Crippen LogP contribution in [0.5, 0.6) is 11.5 Å². The van der Waals surface area contributed by atoms with Crippen LogP contribution in [0.15, 0.2) is 59.5 Å². The minimum absolute atomic E-state index is 0.00681. The second-order valence-corrected chi connectivity index (χ2v) is 11.1. The molecule has 32 heavy (non-hydrogen) atoms. The molecule has 174 valence electrons. The van der Waals surface area contributed by atoms with E-state index in [2.05, 4.69) is 4.90 Å². The van der Waals surface area contributed by atoms with Crippen LogP contribution in [0, 0.1) is 0 Å². The number of hydrogen-bond donors (Lipinski definition) is 0. The molecule has 3 rings (SSSR count). The summed E-state index contributed by atoms with van der Waals surface area (Å²) in [6.07, 6.45) is 3.55. The highest BCUT2D eigenvalue weighted by Crippen LogP contribution is 2.26. The van der Waals surface area contributed by atoms with Gasteiger partial charge in [0.15, 0.2) is 5.12 Å².